The highest BCUT2D eigenvalue weighted by atomic mass is 16.5. The van der Waals surface area contributed by atoms with Crippen molar-refractivity contribution in [3.63, 3.8) is 0 Å². The van der Waals surface area contributed by atoms with Gasteiger partial charge in [-0.05, 0) is 62.6 Å². The van der Waals surface area contributed by atoms with Gasteiger partial charge in [0, 0.05) is 50.6 Å². The van der Waals surface area contributed by atoms with Crippen molar-refractivity contribution in [1.82, 2.24) is 4.90 Å². The average molecular weight is 423 g/mol. The van der Waals surface area contributed by atoms with Gasteiger partial charge in [-0.25, -0.2) is 0 Å². The highest BCUT2D eigenvalue weighted by Crippen LogP contribution is 2.28. The third-order valence-electron chi connectivity index (χ3n) is 6.52. The van der Waals surface area contributed by atoms with Gasteiger partial charge in [0.25, 0.3) is 0 Å². The van der Waals surface area contributed by atoms with Gasteiger partial charge in [0.15, 0.2) is 0 Å². The fourth-order valence-corrected chi connectivity index (χ4v) is 4.56. The second kappa shape index (κ2) is 10.1. The van der Waals surface area contributed by atoms with E-state index in [4.69, 9.17) is 4.74 Å². The summed E-state index contributed by atoms with van der Waals surface area (Å²) in [6.07, 6.45) is 3.86. The summed E-state index contributed by atoms with van der Waals surface area (Å²) in [5, 5.41) is 3.10. The molecule has 0 aliphatic carbocycles. The third-order valence-corrected chi connectivity index (χ3v) is 6.52. The smallest absolute Gasteiger partial charge is 0.241 e. The molecule has 2 aliphatic heterocycles. The van der Waals surface area contributed by atoms with Crippen molar-refractivity contribution in [2.75, 3.05) is 61.5 Å². The molecule has 1 N–H and O–H groups in total. The van der Waals surface area contributed by atoms with Crippen LogP contribution in [0.3, 0.4) is 0 Å². The van der Waals surface area contributed by atoms with Crippen molar-refractivity contribution in [3.8, 4) is 5.75 Å². The van der Waals surface area contributed by atoms with E-state index >= 15 is 0 Å². The van der Waals surface area contributed by atoms with E-state index < -0.39 is 0 Å². The molecule has 2 saturated heterocycles. The molecule has 0 radical (unpaired) electrons. The minimum absolute atomic E-state index is 0.0523. The van der Waals surface area contributed by atoms with Crippen LogP contribution in [0.1, 0.15) is 26.2 Å². The molecular weight excluding hydrogens is 388 g/mol. The highest BCUT2D eigenvalue weighted by Gasteiger charge is 2.26. The van der Waals surface area contributed by atoms with Crippen LogP contribution < -0.4 is 19.9 Å². The molecule has 4 rings (SSSR count). The summed E-state index contributed by atoms with van der Waals surface area (Å²) >= 11 is 0. The summed E-state index contributed by atoms with van der Waals surface area (Å²) in [6.45, 7) is 7.70. The van der Waals surface area contributed by atoms with Crippen LogP contribution in [0, 0.1) is 0 Å². The maximum absolute atomic E-state index is 12.9. The number of ether oxygens (including phenoxy) is 1. The molecule has 2 heterocycles. The molecule has 0 aromatic heterocycles. The second-order valence-electron chi connectivity index (χ2n) is 8.45. The minimum Gasteiger partial charge on any atom is -0.495 e. The molecule has 6 heteroatoms. The van der Waals surface area contributed by atoms with Gasteiger partial charge in [-0.2, -0.15) is 0 Å². The first-order chi connectivity index (χ1) is 15.2. The van der Waals surface area contributed by atoms with E-state index in [9.17, 15) is 4.79 Å². The molecule has 31 heavy (non-hydrogen) atoms. The number of nitrogens with one attached hydrogen (secondary N) is 1. The lowest BCUT2D eigenvalue weighted by Gasteiger charge is -2.38. The van der Waals surface area contributed by atoms with Gasteiger partial charge in [0.05, 0.1) is 18.8 Å². The Hall–Kier alpha value is -2.73. The first-order valence-corrected chi connectivity index (χ1v) is 11.4. The van der Waals surface area contributed by atoms with Crippen molar-refractivity contribution in [2.45, 2.75) is 32.2 Å². The number of methoxy groups -OCH3 is 1. The van der Waals surface area contributed by atoms with Crippen LogP contribution in [-0.4, -0.2) is 63.2 Å². The van der Waals surface area contributed by atoms with Crippen LogP contribution in [0.4, 0.5) is 17.1 Å². The molecule has 1 amide bonds. The molecule has 0 spiro atoms. The summed E-state index contributed by atoms with van der Waals surface area (Å²) in [5.74, 6) is 0.950. The molecule has 2 aromatic carbocycles. The molecule has 166 valence electrons. The number of para-hydroxylation sites is 2. The van der Waals surface area contributed by atoms with E-state index in [-0.39, 0.29) is 11.9 Å². The van der Waals surface area contributed by atoms with Crippen molar-refractivity contribution < 1.29 is 9.53 Å². The Morgan fingerprint density at radius 3 is 2.23 bits per heavy atom. The maximum Gasteiger partial charge on any atom is 0.241 e. The number of carbonyl (C=O) groups is 1. The van der Waals surface area contributed by atoms with Crippen LogP contribution in [-0.2, 0) is 4.79 Å². The monoisotopic (exact) mass is 422 g/mol. The highest BCUT2D eigenvalue weighted by molar-refractivity contribution is 5.94. The van der Waals surface area contributed by atoms with Gasteiger partial charge in [-0.3, -0.25) is 9.69 Å². The Balaban J connectivity index is 1.29. The molecule has 2 aliphatic rings. The molecule has 0 unspecified atom stereocenters. The molecule has 2 aromatic rings. The summed E-state index contributed by atoms with van der Waals surface area (Å²) in [7, 11) is 1.71. The molecule has 0 saturated carbocycles. The standard InChI is InChI=1S/C25H34N4O2/c1-20(27-16-18-29(19-17-27)23-8-4-5-9-24(23)31-2)25(30)26-21-10-12-22(13-11-21)28-14-6-3-7-15-28/h4-5,8-13,20H,3,6-7,14-19H2,1-2H3,(H,26,30)/t20-/m1/s1. The lowest BCUT2D eigenvalue weighted by atomic mass is 10.1. The predicted octanol–water partition coefficient (Wildman–Crippen LogP) is 3.83. The Morgan fingerprint density at radius 1 is 0.871 bits per heavy atom. The Kier molecular flexibility index (Phi) is 6.97. The van der Waals surface area contributed by atoms with Crippen molar-refractivity contribution >= 4 is 23.0 Å². The zero-order valence-electron chi connectivity index (χ0n) is 18.7. The number of piperidine rings is 1. The van der Waals surface area contributed by atoms with E-state index in [1.54, 1.807) is 7.11 Å². The van der Waals surface area contributed by atoms with Crippen molar-refractivity contribution in [1.29, 1.82) is 0 Å². The number of piperazine rings is 1. The van der Waals surface area contributed by atoms with Crippen molar-refractivity contribution in [2.24, 2.45) is 0 Å². The first kappa shape index (κ1) is 21.5. The van der Waals surface area contributed by atoms with Crippen LogP contribution in [0.15, 0.2) is 48.5 Å². The zero-order valence-corrected chi connectivity index (χ0v) is 18.7. The molecule has 0 bridgehead atoms. The number of anilines is 3. The molecule has 2 fully saturated rings. The van der Waals surface area contributed by atoms with Crippen LogP contribution >= 0.6 is 0 Å². The van der Waals surface area contributed by atoms with Gasteiger partial charge in [-0.15, -0.1) is 0 Å². The average Bonchev–Trinajstić information content (AvgIpc) is 2.84. The van der Waals surface area contributed by atoms with Crippen LogP contribution in [0.5, 0.6) is 5.75 Å². The van der Waals surface area contributed by atoms with Gasteiger partial charge in [0.2, 0.25) is 5.91 Å². The largest absolute Gasteiger partial charge is 0.495 e. The van der Waals surface area contributed by atoms with E-state index in [1.165, 1.54) is 24.9 Å². The number of hydrogen-bond donors (Lipinski definition) is 1. The SMILES string of the molecule is COc1ccccc1N1CCN([C@H](C)C(=O)Nc2ccc(N3CCCCC3)cc2)CC1. The number of rotatable bonds is 6. The third kappa shape index (κ3) is 5.13. The Bertz CT molecular complexity index is 856. The minimum atomic E-state index is -0.165. The number of hydrogen-bond acceptors (Lipinski definition) is 5. The number of nitrogens with zero attached hydrogens (tertiary/aromatic N) is 3. The zero-order chi connectivity index (χ0) is 21.6. The lowest BCUT2D eigenvalue weighted by molar-refractivity contribution is -0.120. The summed E-state index contributed by atoms with van der Waals surface area (Å²) in [4.78, 5) is 19.9. The fourth-order valence-electron chi connectivity index (χ4n) is 4.56. The van der Waals surface area contributed by atoms with Gasteiger partial charge in [-0.1, -0.05) is 12.1 Å². The van der Waals surface area contributed by atoms with Crippen molar-refractivity contribution in [3.05, 3.63) is 48.5 Å². The van der Waals surface area contributed by atoms with E-state index in [0.29, 0.717) is 0 Å². The molecule has 1 atom stereocenters. The quantitative estimate of drug-likeness (QED) is 0.767. The normalized spacial score (nSPS) is 18.5. The first-order valence-electron chi connectivity index (χ1n) is 11.4. The number of carbonyl (C=O) groups excluding carboxylic acids is 1. The van der Waals surface area contributed by atoms with Crippen LogP contribution in [0.2, 0.25) is 0 Å². The number of benzene rings is 2. The summed E-state index contributed by atoms with van der Waals surface area (Å²) in [6, 6.07) is 16.2. The molecular formula is C25H34N4O2. The summed E-state index contributed by atoms with van der Waals surface area (Å²) < 4.78 is 5.50. The van der Waals surface area contributed by atoms with Gasteiger partial charge >= 0.3 is 0 Å². The van der Waals surface area contributed by atoms with Crippen LogP contribution in [0.25, 0.3) is 0 Å². The second-order valence-corrected chi connectivity index (χ2v) is 8.45. The Morgan fingerprint density at radius 2 is 1.55 bits per heavy atom. The van der Waals surface area contributed by atoms with Gasteiger partial charge in [0.1, 0.15) is 5.75 Å². The number of amides is 1. The predicted molar refractivity (Wildman–Crippen MR) is 127 cm³/mol. The van der Waals surface area contributed by atoms with E-state index in [0.717, 1.165) is 56.4 Å². The lowest BCUT2D eigenvalue weighted by Crippen LogP contribution is -2.52. The molecule has 6 nitrogen and oxygen atoms in total. The Labute approximate surface area is 185 Å². The fraction of sp³-hybridized carbons (Fsp3) is 0.480. The van der Waals surface area contributed by atoms with Gasteiger partial charge < -0.3 is 19.9 Å². The van der Waals surface area contributed by atoms with E-state index in [2.05, 4.69) is 38.2 Å². The topological polar surface area (TPSA) is 48.1 Å². The summed E-state index contributed by atoms with van der Waals surface area (Å²) in [5.41, 5.74) is 3.24. The maximum atomic E-state index is 12.9. The van der Waals surface area contributed by atoms with E-state index in [1.807, 2.05) is 37.3 Å².